The minimum absolute atomic E-state index is 0.396. The van der Waals surface area contributed by atoms with Crippen molar-refractivity contribution in [3.8, 4) is 28.7 Å². The van der Waals surface area contributed by atoms with Crippen molar-refractivity contribution in [2.75, 3.05) is 39.9 Å². The lowest BCUT2D eigenvalue weighted by atomic mass is 10.2. The number of carbonyl (C=O) groups excluding carboxylic acids is 2. The molecule has 0 saturated heterocycles. The van der Waals surface area contributed by atoms with Crippen LogP contribution in [0.1, 0.15) is 5.56 Å². The van der Waals surface area contributed by atoms with Crippen LogP contribution in [0.25, 0.3) is 0 Å². The predicted octanol–water partition coefficient (Wildman–Crippen LogP) is 1.57. The summed E-state index contributed by atoms with van der Waals surface area (Å²) in [5.74, 6) is 0.558. The van der Waals surface area contributed by atoms with Gasteiger partial charge in [0.25, 0.3) is 0 Å². The van der Waals surface area contributed by atoms with Crippen LogP contribution in [-0.2, 0) is 9.59 Å². The number of nitrogens with zero attached hydrogens (tertiary/aromatic N) is 1. The fraction of sp³-hybridized carbons (Fsp3) is 0.250. The Morgan fingerprint density at radius 3 is 2.23 bits per heavy atom. The minimum Gasteiger partial charge on any atom is -0.493 e. The molecule has 3 rings (SSSR count). The highest BCUT2D eigenvalue weighted by Crippen LogP contribution is 2.37. The molecule has 0 radical (unpaired) electrons. The summed E-state index contributed by atoms with van der Waals surface area (Å²) in [7, 11) is 4.47. The van der Waals surface area contributed by atoms with Gasteiger partial charge < -0.3 is 29.0 Å². The van der Waals surface area contributed by atoms with Crippen molar-refractivity contribution in [1.29, 1.82) is 0 Å². The van der Waals surface area contributed by atoms with Gasteiger partial charge >= 0.3 is 11.8 Å². The maximum absolute atomic E-state index is 12.1. The van der Waals surface area contributed by atoms with Gasteiger partial charge in [-0.2, -0.15) is 5.10 Å². The normalized spacial score (nSPS) is 12.2. The number of rotatable bonds is 6. The van der Waals surface area contributed by atoms with E-state index >= 15 is 0 Å². The van der Waals surface area contributed by atoms with Gasteiger partial charge in [-0.1, -0.05) is 0 Å². The van der Waals surface area contributed by atoms with Crippen LogP contribution in [-0.4, -0.2) is 52.6 Å². The highest BCUT2D eigenvalue weighted by Gasteiger charge is 2.17. The summed E-state index contributed by atoms with van der Waals surface area (Å²) in [5, 5.41) is 6.27. The fourth-order valence-corrected chi connectivity index (χ4v) is 2.70. The molecule has 1 aliphatic heterocycles. The molecule has 2 amide bonds. The molecule has 2 aromatic carbocycles. The smallest absolute Gasteiger partial charge is 0.329 e. The van der Waals surface area contributed by atoms with Crippen LogP contribution in [0.3, 0.4) is 0 Å². The first-order valence-corrected chi connectivity index (χ1v) is 8.89. The van der Waals surface area contributed by atoms with Crippen molar-refractivity contribution in [3.63, 3.8) is 0 Å². The Bertz CT molecular complexity index is 950. The van der Waals surface area contributed by atoms with Gasteiger partial charge in [0.05, 0.1) is 27.5 Å². The molecule has 0 saturated carbocycles. The second-order valence-corrected chi connectivity index (χ2v) is 5.97. The van der Waals surface area contributed by atoms with E-state index in [1.165, 1.54) is 27.5 Å². The second kappa shape index (κ2) is 9.50. The number of hydrazone groups is 1. The van der Waals surface area contributed by atoms with E-state index in [1.807, 2.05) is 0 Å². The third-order valence-electron chi connectivity index (χ3n) is 4.07. The topological polar surface area (TPSA) is 117 Å². The quantitative estimate of drug-likeness (QED) is 0.418. The largest absolute Gasteiger partial charge is 0.493 e. The summed E-state index contributed by atoms with van der Waals surface area (Å²) in [6, 6.07) is 8.14. The second-order valence-electron chi connectivity index (χ2n) is 5.97. The van der Waals surface area contributed by atoms with Crippen molar-refractivity contribution in [1.82, 2.24) is 5.43 Å². The molecule has 0 fully saturated rings. The molecule has 1 heterocycles. The number of fused-ring (bicyclic) bond motifs is 1. The number of hydrogen-bond donors (Lipinski definition) is 2. The molecule has 1 aliphatic rings. The Labute approximate surface area is 172 Å². The number of benzene rings is 2. The number of amides is 2. The van der Waals surface area contributed by atoms with Gasteiger partial charge in [-0.3, -0.25) is 9.59 Å². The molecular weight excluding hydrogens is 394 g/mol. The van der Waals surface area contributed by atoms with Gasteiger partial charge in [0.15, 0.2) is 23.0 Å². The summed E-state index contributed by atoms with van der Waals surface area (Å²) < 4.78 is 26.6. The molecule has 10 nitrogen and oxygen atoms in total. The first kappa shape index (κ1) is 20.8. The standard InChI is InChI=1S/C20H21N3O7/c1-26-16-8-12(9-17(27-2)18(16)28-3)11-21-23-20(25)19(24)22-13-4-5-14-15(10-13)30-7-6-29-14/h4-5,8-11H,6-7H2,1-3H3,(H,22,24)(H,23,25)/b21-11-. The van der Waals surface area contributed by atoms with E-state index in [-0.39, 0.29) is 0 Å². The molecule has 30 heavy (non-hydrogen) atoms. The summed E-state index contributed by atoms with van der Waals surface area (Å²) in [4.78, 5) is 24.1. The summed E-state index contributed by atoms with van der Waals surface area (Å²) in [6.07, 6.45) is 1.35. The molecule has 158 valence electrons. The van der Waals surface area contributed by atoms with Crippen molar-refractivity contribution >= 4 is 23.7 Å². The zero-order valence-corrected chi connectivity index (χ0v) is 16.7. The molecule has 0 aromatic heterocycles. The van der Waals surface area contributed by atoms with Crippen LogP contribution < -0.4 is 34.4 Å². The highest BCUT2D eigenvalue weighted by molar-refractivity contribution is 6.39. The number of nitrogens with one attached hydrogen (secondary N) is 2. The van der Waals surface area contributed by atoms with Crippen LogP contribution in [0.15, 0.2) is 35.4 Å². The lowest BCUT2D eigenvalue weighted by molar-refractivity contribution is -0.136. The van der Waals surface area contributed by atoms with E-state index < -0.39 is 11.8 Å². The van der Waals surface area contributed by atoms with Gasteiger partial charge in [-0.25, -0.2) is 5.43 Å². The lowest BCUT2D eigenvalue weighted by Gasteiger charge is -2.18. The van der Waals surface area contributed by atoms with E-state index in [4.69, 9.17) is 23.7 Å². The molecule has 2 aromatic rings. The van der Waals surface area contributed by atoms with Gasteiger partial charge in [-0.15, -0.1) is 0 Å². The zero-order chi connectivity index (χ0) is 21.5. The van der Waals surface area contributed by atoms with Crippen LogP contribution in [0.4, 0.5) is 5.69 Å². The Hall–Kier alpha value is -3.95. The van der Waals surface area contributed by atoms with Crippen LogP contribution in [0.5, 0.6) is 28.7 Å². The van der Waals surface area contributed by atoms with Gasteiger partial charge in [0, 0.05) is 17.3 Å². The monoisotopic (exact) mass is 415 g/mol. The summed E-state index contributed by atoms with van der Waals surface area (Å²) in [6.45, 7) is 0.881. The molecule has 2 N–H and O–H groups in total. The third kappa shape index (κ3) is 4.72. The van der Waals surface area contributed by atoms with Crippen molar-refractivity contribution in [2.24, 2.45) is 5.10 Å². The fourth-order valence-electron chi connectivity index (χ4n) is 2.70. The minimum atomic E-state index is -0.936. The van der Waals surface area contributed by atoms with Crippen molar-refractivity contribution in [2.45, 2.75) is 0 Å². The Balaban J connectivity index is 1.62. The van der Waals surface area contributed by atoms with Crippen LogP contribution >= 0.6 is 0 Å². The van der Waals surface area contributed by atoms with Crippen molar-refractivity contribution in [3.05, 3.63) is 35.9 Å². The number of hydrogen-bond acceptors (Lipinski definition) is 8. The van der Waals surface area contributed by atoms with Gasteiger partial charge in [0.2, 0.25) is 5.75 Å². The maximum Gasteiger partial charge on any atom is 0.329 e. The predicted molar refractivity (Wildman–Crippen MR) is 108 cm³/mol. The van der Waals surface area contributed by atoms with E-state index in [0.717, 1.165) is 0 Å². The zero-order valence-electron chi connectivity index (χ0n) is 16.7. The maximum atomic E-state index is 12.1. The lowest BCUT2D eigenvalue weighted by Crippen LogP contribution is -2.32. The molecule has 0 bridgehead atoms. The van der Waals surface area contributed by atoms with E-state index in [2.05, 4.69) is 15.8 Å². The molecule has 0 unspecified atom stereocenters. The Kier molecular flexibility index (Phi) is 6.58. The summed E-state index contributed by atoms with van der Waals surface area (Å²) >= 11 is 0. The van der Waals surface area contributed by atoms with Crippen molar-refractivity contribution < 1.29 is 33.3 Å². The Morgan fingerprint density at radius 1 is 0.933 bits per heavy atom. The SMILES string of the molecule is COc1cc(/C=N\NC(=O)C(=O)Nc2ccc3c(c2)OCCO3)cc(OC)c1OC. The molecule has 0 aliphatic carbocycles. The first-order valence-electron chi connectivity index (χ1n) is 8.89. The average molecular weight is 415 g/mol. The molecule has 0 atom stereocenters. The van der Waals surface area contributed by atoms with Crippen LogP contribution in [0, 0.1) is 0 Å². The van der Waals surface area contributed by atoms with Gasteiger partial charge in [0.1, 0.15) is 13.2 Å². The average Bonchev–Trinajstić information content (AvgIpc) is 2.78. The summed E-state index contributed by atoms with van der Waals surface area (Å²) in [5.41, 5.74) is 3.13. The molecule has 10 heteroatoms. The third-order valence-corrected chi connectivity index (χ3v) is 4.07. The van der Waals surface area contributed by atoms with E-state index in [1.54, 1.807) is 30.3 Å². The number of carbonyl (C=O) groups is 2. The Morgan fingerprint density at radius 2 is 1.60 bits per heavy atom. The van der Waals surface area contributed by atoms with Crippen LogP contribution in [0.2, 0.25) is 0 Å². The van der Waals surface area contributed by atoms with E-state index in [9.17, 15) is 9.59 Å². The number of methoxy groups -OCH3 is 3. The number of anilines is 1. The highest BCUT2D eigenvalue weighted by atomic mass is 16.6. The number of ether oxygens (including phenoxy) is 5. The molecular formula is C20H21N3O7. The first-order chi connectivity index (χ1) is 14.5. The molecule has 0 spiro atoms. The van der Waals surface area contributed by atoms with E-state index in [0.29, 0.717) is 53.2 Å². The van der Waals surface area contributed by atoms with Gasteiger partial charge in [-0.05, 0) is 24.3 Å².